The molecule has 1 aromatic carbocycles. The van der Waals surface area contributed by atoms with Gasteiger partial charge in [-0.3, -0.25) is 4.79 Å². The summed E-state index contributed by atoms with van der Waals surface area (Å²) in [6.07, 6.45) is 0.151. The molecule has 23 heavy (non-hydrogen) atoms. The summed E-state index contributed by atoms with van der Waals surface area (Å²) in [6.45, 7) is 7.10. The van der Waals surface area contributed by atoms with Gasteiger partial charge in [-0.15, -0.1) is 12.4 Å². The van der Waals surface area contributed by atoms with E-state index in [1.807, 2.05) is 0 Å². The average molecular weight is 410 g/mol. The van der Waals surface area contributed by atoms with E-state index in [0.29, 0.717) is 23.3 Å². The predicted octanol–water partition coefficient (Wildman–Crippen LogP) is 3.36. The Labute approximate surface area is 151 Å². The lowest BCUT2D eigenvalue weighted by molar-refractivity contribution is -0.141. The Kier molecular flexibility index (Phi) is 6.86. The maximum atomic E-state index is 13.1. The fourth-order valence-electron chi connectivity index (χ4n) is 2.63. The van der Waals surface area contributed by atoms with Gasteiger partial charge in [-0.2, -0.15) is 0 Å². The van der Waals surface area contributed by atoms with E-state index < -0.39 is 6.10 Å². The minimum atomic E-state index is -0.633. The lowest BCUT2D eigenvalue weighted by Gasteiger charge is -2.43. The molecule has 1 heterocycles. The van der Waals surface area contributed by atoms with Gasteiger partial charge in [0.15, 0.2) is 6.10 Å². The first kappa shape index (κ1) is 20.2. The molecule has 2 N–H and O–H groups in total. The number of ether oxygens (including phenoxy) is 1. The van der Waals surface area contributed by atoms with Crippen molar-refractivity contribution in [3.63, 3.8) is 0 Å². The Bertz CT molecular complexity index is 571. The standard InChI is InChI=1S/C16H22BrFN2O2.ClH/c1-10(22-13-5-4-11(18)8-12(13)17)15(21)20-7-6-14(19)16(2,3)9-20;/h4-5,8,10,14H,6-7,9,19H2,1-3H3;1H. The van der Waals surface area contributed by atoms with Gasteiger partial charge in [-0.1, -0.05) is 13.8 Å². The van der Waals surface area contributed by atoms with Gasteiger partial charge in [0.1, 0.15) is 11.6 Å². The molecule has 0 saturated carbocycles. The highest BCUT2D eigenvalue weighted by atomic mass is 79.9. The van der Waals surface area contributed by atoms with Gasteiger partial charge < -0.3 is 15.4 Å². The first-order valence-corrected chi connectivity index (χ1v) is 8.16. The van der Waals surface area contributed by atoms with Gasteiger partial charge in [0.05, 0.1) is 4.47 Å². The number of carbonyl (C=O) groups is 1. The van der Waals surface area contributed by atoms with E-state index in [1.165, 1.54) is 18.2 Å². The fraction of sp³-hybridized carbons (Fsp3) is 0.562. The van der Waals surface area contributed by atoms with Crippen molar-refractivity contribution in [3.05, 3.63) is 28.5 Å². The normalized spacial score (nSPS) is 21.3. The first-order valence-electron chi connectivity index (χ1n) is 7.37. The molecule has 0 aromatic heterocycles. The lowest BCUT2D eigenvalue weighted by atomic mass is 9.79. The van der Waals surface area contributed by atoms with Crippen LogP contribution in [-0.2, 0) is 4.79 Å². The van der Waals surface area contributed by atoms with E-state index in [4.69, 9.17) is 10.5 Å². The summed E-state index contributed by atoms with van der Waals surface area (Å²) in [5.74, 6) is 0.0244. The minimum absolute atomic E-state index is 0. The molecule has 1 aromatic rings. The van der Waals surface area contributed by atoms with Crippen molar-refractivity contribution in [2.45, 2.75) is 39.3 Å². The maximum absolute atomic E-state index is 13.1. The smallest absolute Gasteiger partial charge is 0.263 e. The van der Waals surface area contributed by atoms with Crippen LogP contribution in [0.5, 0.6) is 5.75 Å². The molecule has 2 atom stereocenters. The van der Waals surface area contributed by atoms with Crippen molar-refractivity contribution < 1.29 is 13.9 Å². The number of piperidine rings is 1. The van der Waals surface area contributed by atoms with Crippen molar-refractivity contribution >= 4 is 34.2 Å². The van der Waals surface area contributed by atoms with E-state index in [0.717, 1.165) is 6.42 Å². The number of nitrogens with two attached hydrogens (primary N) is 1. The van der Waals surface area contributed by atoms with Crippen LogP contribution in [0.25, 0.3) is 0 Å². The van der Waals surface area contributed by atoms with E-state index >= 15 is 0 Å². The number of rotatable bonds is 3. The SMILES string of the molecule is CC(Oc1ccc(F)cc1Br)C(=O)N1CCC(N)C(C)(C)C1.Cl. The molecule has 130 valence electrons. The summed E-state index contributed by atoms with van der Waals surface area (Å²) in [5.41, 5.74) is 5.99. The zero-order valence-electron chi connectivity index (χ0n) is 13.5. The molecule has 1 amide bonds. The van der Waals surface area contributed by atoms with E-state index in [-0.39, 0.29) is 35.6 Å². The second-order valence-electron chi connectivity index (χ2n) is 6.48. The van der Waals surface area contributed by atoms with Crippen molar-refractivity contribution in [3.8, 4) is 5.75 Å². The number of carbonyl (C=O) groups excluding carboxylic acids is 1. The zero-order valence-corrected chi connectivity index (χ0v) is 15.9. The minimum Gasteiger partial charge on any atom is -0.480 e. The summed E-state index contributed by atoms with van der Waals surface area (Å²) < 4.78 is 19.3. The molecule has 2 rings (SSSR count). The van der Waals surface area contributed by atoms with Gasteiger partial charge in [-0.05, 0) is 52.9 Å². The quantitative estimate of drug-likeness (QED) is 0.833. The van der Waals surface area contributed by atoms with Crippen LogP contribution >= 0.6 is 28.3 Å². The number of benzene rings is 1. The zero-order chi connectivity index (χ0) is 16.5. The Morgan fingerprint density at radius 3 is 2.74 bits per heavy atom. The third kappa shape index (κ3) is 4.81. The second-order valence-corrected chi connectivity index (χ2v) is 7.33. The third-order valence-corrected chi connectivity index (χ3v) is 4.79. The van der Waals surface area contributed by atoms with Crippen LogP contribution < -0.4 is 10.5 Å². The lowest BCUT2D eigenvalue weighted by Crippen LogP contribution is -2.56. The summed E-state index contributed by atoms with van der Waals surface area (Å²) in [5, 5.41) is 0. The highest BCUT2D eigenvalue weighted by Crippen LogP contribution is 2.29. The van der Waals surface area contributed by atoms with Crippen LogP contribution in [0, 0.1) is 11.2 Å². The molecule has 0 bridgehead atoms. The van der Waals surface area contributed by atoms with Crippen LogP contribution in [0.4, 0.5) is 4.39 Å². The fourth-order valence-corrected chi connectivity index (χ4v) is 3.08. The molecule has 1 aliphatic rings. The Morgan fingerprint density at radius 1 is 1.52 bits per heavy atom. The molecule has 0 radical (unpaired) electrons. The van der Waals surface area contributed by atoms with Crippen LogP contribution in [0.15, 0.2) is 22.7 Å². The van der Waals surface area contributed by atoms with E-state index in [1.54, 1.807) is 11.8 Å². The molecule has 0 aliphatic carbocycles. The highest BCUT2D eigenvalue weighted by Gasteiger charge is 2.36. The summed E-state index contributed by atoms with van der Waals surface area (Å²) in [7, 11) is 0. The topological polar surface area (TPSA) is 55.6 Å². The largest absolute Gasteiger partial charge is 0.480 e. The Morgan fingerprint density at radius 2 is 2.17 bits per heavy atom. The number of likely N-dealkylation sites (tertiary alicyclic amines) is 1. The van der Waals surface area contributed by atoms with Crippen molar-refractivity contribution in [2.75, 3.05) is 13.1 Å². The summed E-state index contributed by atoms with van der Waals surface area (Å²) in [4.78, 5) is 14.3. The van der Waals surface area contributed by atoms with Crippen LogP contribution in [0.3, 0.4) is 0 Å². The van der Waals surface area contributed by atoms with Crippen molar-refractivity contribution in [1.29, 1.82) is 0 Å². The Hall–Kier alpha value is -0.850. The monoisotopic (exact) mass is 408 g/mol. The summed E-state index contributed by atoms with van der Waals surface area (Å²) >= 11 is 3.24. The van der Waals surface area contributed by atoms with E-state index in [9.17, 15) is 9.18 Å². The predicted molar refractivity (Wildman–Crippen MR) is 94.4 cm³/mol. The van der Waals surface area contributed by atoms with Gasteiger partial charge in [0, 0.05) is 19.1 Å². The molecule has 2 unspecified atom stereocenters. The van der Waals surface area contributed by atoms with Crippen molar-refractivity contribution in [1.82, 2.24) is 4.90 Å². The number of nitrogens with zero attached hydrogens (tertiary/aromatic N) is 1. The van der Waals surface area contributed by atoms with Crippen LogP contribution in [0.2, 0.25) is 0 Å². The maximum Gasteiger partial charge on any atom is 0.263 e. The number of amides is 1. The molecule has 1 aliphatic heterocycles. The number of hydrogen-bond acceptors (Lipinski definition) is 3. The van der Waals surface area contributed by atoms with Crippen molar-refractivity contribution in [2.24, 2.45) is 11.1 Å². The van der Waals surface area contributed by atoms with E-state index in [2.05, 4.69) is 29.8 Å². The van der Waals surface area contributed by atoms with Crippen LogP contribution in [0.1, 0.15) is 27.2 Å². The summed E-state index contributed by atoms with van der Waals surface area (Å²) in [6, 6.07) is 4.23. The molecule has 7 heteroatoms. The van der Waals surface area contributed by atoms with Crippen LogP contribution in [-0.4, -0.2) is 36.0 Å². The molecule has 4 nitrogen and oxygen atoms in total. The molecule has 1 saturated heterocycles. The third-order valence-electron chi connectivity index (χ3n) is 4.17. The average Bonchev–Trinajstić information content (AvgIpc) is 2.44. The number of halogens is 3. The van der Waals surface area contributed by atoms with Gasteiger partial charge in [0.2, 0.25) is 0 Å². The first-order chi connectivity index (χ1) is 10.2. The van der Waals surface area contributed by atoms with Gasteiger partial charge in [-0.25, -0.2) is 4.39 Å². The highest BCUT2D eigenvalue weighted by molar-refractivity contribution is 9.10. The van der Waals surface area contributed by atoms with Gasteiger partial charge in [0.25, 0.3) is 5.91 Å². The molecule has 1 fully saturated rings. The molecule has 0 spiro atoms. The van der Waals surface area contributed by atoms with Gasteiger partial charge >= 0.3 is 0 Å². The Balaban J connectivity index is 0.00000264. The molecular formula is C16H23BrClFN2O2. The second kappa shape index (κ2) is 7.81. The molecular weight excluding hydrogens is 387 g/mol. The number of hydrogen-bond donors (Lipinski definition) is 1.